The molecule has 0 radical (unpaired) electrons. The van der Waals surface area contributed by atoms with Crippen LogP contribution in [0.25, 0.3) is 11.0 Å². The quantitative estimate of drug-likeness (QED) is 0.771. The number of nitriles is 1. The second-order valence-corrected chi connectivity index (χ2v) is 3.19. The number of hydrogen-bond acceptors (Lipinski definition) is 3. The van der Waals surface area contributed by atoms with Crippen molar-refractivity contribution in [2.24, 2.45) is 0 Å². The summed E-state index contributed by atoms with van der Waals surface area (Å²) in [5.74, 6) is 0.810. The van der Waals surface area contributed by atoms with Crippen molar-refractivity contribution < 1.29 is 4.74 Å². The molecule has 0 aliphatic carbocycles. The average Bonchev–Trinajstić information content (AvgIpc) is 2.71. The lowest BCUT2D eigenvalue weighted by atomic mass is 10.3. The molecule has 15 heavy (non-hydrogen) atoms. The highest BCUT2D eigenvalue weighted by atomic mass is 16.5. The lowest BCUT2D eigenvalue weighted by Crippen LogP contribution is -1.96. The molecule has 0 fully saturated rings. The molecule has 4 heteroatoms. The van der Waals surface area contributed by atoms with Crippen molar-refractivity contribution in [3.8, 4) is 11.8 Å². The first-order valence-electron chi connectivity index (χ1n) is 4.83. The molecule has 0 spiro atoms. The first-order chi connectivity index (χ1) is 7.40. The molecule has 0 amide bonds. The number of aromatic amines is 1. The van der Waals surface area contributed by atoms with Crippen LogP contribution in [-0.2, 0) is 0 Å². The minimum absolute atomic E-state index is 0.534. The van der Waals surface area contributed by atoms with Crippen LogP contribution in [0, 0.1) is 11.3 Å². The van der Waals surface area contributed by atoms with Crippen molar-refractivity contribution >= 4 is 11.0 Å². The van der Waals surface area contributed by atoms with Gasteiger partial charge in [-0.25, -0.2) is 4.98 Å². The molecule has 0 aliphatic rings. The fraction of sp³-hybridized carbons (Fsp3) is 0.273. The zero-order chi connectivity index (χ0) is 10.5. The maximum absolute atomic E-state index is 8.36. The molecule has 0 bridgehead atoms. The van der Waals surface area contributed by atoms with E-state index in [-0.39, 0.29) is 0 Å². The summed E-state index contributed by atoms with van der Waals surface area (Å²) in [5.41, 5.74) is 1.90. The Balaban J connectivity index is 1.99. The van der Waals surface area contributed by atoms with Crippen molar-refractivity contribution in [3.05, 3.63) is 24.5 Å². The number of rotatable bonds is 4. The first kappa shape index (κ1) is 9.53. The molecule has 1 heterocycles. The van der Waals surface area contributed by atoms with Gasteiger partial charge in [-0.15, -0.1) is 0 Å². The fourth-order valence-electron chi connectivity index (χ4n) is 1.35. The smallest absolute Gasteiger partial charge is 0.121 e. The molecule has 76 valence electrons. The predicted octanol–water partition coefficient (Wildman–Crippen LogP) is 2.25. The van der Waals surface area contributed by atoms with Crippen LogP contribution < -0.4 is 4.74 Å². The molecule has 4 nitrogen and oxygen atoms in total. The Kier molecular flexibility index (Phi) is 2.84. The van der Waals surface area contributed by atoms with Crippen LogP contribution in [-0.4, -0.2) is 16.6 Å². The Bertz CT molecular complexity index is 484. The third-order valence-corrected chi connectivity index (χ3v) is 2.09. The molecule has 0 unspecified atom stereocenters. The molecule has 1 aromatic heterocycles. The van der Waals surface area contributed by atoms with Crippen LogP contribution in [0.4, 0.5) is 0 Å². The van der Waals surface area contributed by atoms with Crippen molar-refractivity contribution in [2.45, 2.75) is 12.8 Å². The number of hydrogen-bond donors (Lipinski definition) is 1. The third kappa shape index (κ3) is 2.26. The van der Waals surface area contributed by atoms with Crippen LogP contribution >= 0.6 is 0 Å². The minimum atomic E-state index is 0.534. The van der Waals surface area contributed by atoms with Gasteiger partial charge >= 0.3 is 0 Å². The molecular weight excluding hydrogens is 190 g/mol. The molecule has 0 saturated heterocycles. The zero-order valence-electron chi connectivity index (χ0n) is 8.23. The maximum atomic E-state index is 8.36. The van der Waals surface area contributed by atoms with Crippen LogP contribution in [0.1, 0.15) is 12.8 Å². The SMILES string of the molecule is N#CCCCOc1ccc2nc[nH]c2c1. The molecule has 1 aromatic carbocycles. The number of fused-ring (bicyclic) bond motifs is 1. The summed E-state index contributed by atoms with van der Waals surface area (Å²) in [6.07, 6.45) is 2.95. The van der Waals surface area contributed by atoms with E-state index in [0.29, 0.717) is 13.0 Å². The molecule has 0 aliphatic heterocycles. The normalized spacial score (nSPS) is 10.1. The molecule has 0 atom stereocenters. The van der Waals surface area contributed by atoms with E-state index in [1.807, 2.05) is 18.2 Å². The van der Waals surface area contributed by atoms with E-state index in [1.165, 1.54) is 0 Å². The van der Waals surface area contributed by atoms with E-state index in [2.05, 4.69) is 16.0 Å². The van der Waals surface area contributed by atoms with Gasteiger partial charge in [0.2, 0.25) is 0 Å². The lowest BCUT2D eigenvalue weighted by Gasteiger charge is -2.03. The van der Waals surface area contributed by atoms with Gasteiger partial charge in [0.15, 0.2) is 0 Å². The van der Waals surface area contributed by atoms with Crippen molar-refractivity contribution in [1.29, 1.82) is 5.26 Å². The number of benzene rings is 1. The van der Waals surface area contributed by atoms with Crippen LogP contribution in [0.3, 0.4) is 0 Å². The van der Waals surface area contributed by atoms with Crippen LogP contribution in [0.5, 0.6) is 5.75 Å². The number of unbranched alkanes of at least 4 members (excludes halogenated alkanes) is 1. The number of imidazole rings is 1. The van der Waals surface area contributed by atoms with Gasteiger partial charge in [-0.2, -0.15) is 5.26 Å². The first-order valence-corrected chi connectivity index (χ1v) is 4.83. The van der Waals surface area contributed by atoms with Crippen LogP contribution in [0.2, 0.25) is 0 Å². The second-order valence-electron chi connectivity index (χ2n) is 3.19. The van der Waals surface area contributed by atoms with Gasteiger partial charge in [-0.05, 0) is 18.6 Å². The Morgan fingerprint density at radius 1 is 1.47 bits per heavy atom. The van der Waals surface area contributed by atoms with Gasteiger partial charge in [-0.1, -0.05) is 0 Å². The number of nitrogens with zero attached hydrogens (tertiary/aromatic N) is 2. The summed E-state index contributed by atoms with van der Waals surface area (Å²) in [5, 5.41) is 8.36. The molecule has 1 N–H and O–H groups in total. The summed E-state index contributed by atoms with van der Waals surface area (Å²) >= 11 is 0. The number of nitrogens with one attached hydrogen (secondary N) is 1. The van der Waals surface area contributed by atoms with Gasteiger partial charge in [0, 0.05) is 12.5 Å². The Morgan fingerprint density at radius 2 is 2.40 bits per heavy atom. The van der Waals surface area contributed by atoms with Crippen LogP contribution in [0.15, 0.2) is 24.5 Å². The highest BCUT2D eigenvalue weighted by Crippen LogP contribution is 2.17. The van der Waals surface area contributed by atoms with E-state index in [0.717, 1.165) is 23.2 Å². The fourth-order valence-corrected chi connectivity index (χ4v) is 1.35. The monoisotopic (exact) mass is 201 g/mol. The number of ether oxygens (including phenoxy) is 1. The predicted molar refractivity (Wildman–Crippen MR) is 56.4 cm³/mol. The second kappa shape index (κ2) is 4.47. The van der Waals surface area contributed by atoms with Gasteiger partial charge in [0.1, 0.15) is 5.75 Å². The maximum Gasteiger partial charge on any atom is 0.121 e. The van der Waals surface area contributed by atoms with E-state index in [1.54, 1.807) is 6.33 Å². The summed E-state index contributed by atoms with van der Waals surface area (Å²) in [4.78, 5) is 7.13. The average molecular weight is 201 g/mol. The van der Waals surface area contributed by atoms with E-state index < -0.39 is 0 Å². The number of aromatic nitrogens is 2. The van der Waals surface area contributed by atoms with E-state index in [4.69, 9.17) is 10.00 Å². The summed E-state index contributed by atoms with van der Waals surface area (Å²) in [6, 6.07) is 7.79. The standard InChI is InChI=1S/C11H11N3O/c12-5-1-2-6-15-9-3-4-10-11(7-9)14-8-13-10/h3-4,7-8H,1-2,6H2,(H,13,14). The lowest BCUT2D eigenvalue weighted by molar-refractivity contribution is 0.313. The third-order valence-electron chi connectivity index (χ3n) is 2.09. The number of H-pyrrole nitrogens is 1. The highest BCUT2D eigenvalue weighted by molar-refractivity contribution is 5.75. The summed E-state index contributed by atoms with van der Waals surface area (Å²) in [6.45, 7) is 0.577. The van der Waals surface area contributed by atoms with Crippen molar-refractivity contribution in [2.75, 3.05) is 6.61 Å². The molecule has 2 aromatic rings. The summed E-state index contributed by atoms with van der Waals surface area (Å²) in [7, 11) is 0. The van der Waals surface area contributed by atoms with Crippen molar-refractivity contribution in [1.82, 2.24) is 9.97 Å². The van der Waals surface area contributed by atoms with E-state index >= 15 is 0 Å². The topological polar surface area (TPSA) is 61.7 Å². The summed E-state index contributed by atoms with van der Waals surface area (Å²) < 4.78 is 5.49. The molecular formula is C11H11N3O. The Labute approximate surface area is 87.5 Å². The molecule has 0 saturated carbocycles. The van der Waals surface area contributed by atoms with E-state index in [9.17, 15) is 0 Å². The zero-order valence-corrected chi connectivity index (χ0v) is 8.23. The largest absolute Gasteiger partial charge is 0.493 e. The van der Waals surface area contributed by atoms with Crippen molar-refractivity contribution in [3.63, 3.8) is 0 Å². The highest BCUT2D eigenvalue weighted by Gasteiger charge is 1.98. The Hall–Kier alpha value is -2.02. The Morgan fingerprint density at radius 3 is 3.27 bits per heavy atom. The van der Waals surface area contributed by atoms with Gasteiger partial charge in [-0.3, -0.25) is 0 Å². The molecule has 2 rings (SSSR count). The van der Waals surface area contributed by atoms with Gasteiger partial charge < -0.3 is 9.72 Å². The minimum Gasteiger partial charge on any atom is -0.493 e. The van der Waals surface area contributed by atoms with Gasteiger partial charge in [0.25, 0.3) is 0 Å². The van der Waals surface area contributed by atoms with Gasteiger partial charge in [0.05, 0.1) is 30.0 Å².